The molecule has 0 fully saturated rings. The van der Waals surface area contributed by atoms with Gasteiger partial charge >= 0.3 is 0 Å². The Labute approximate surface area is 125 Å². The summed E-state index contributed by atoms with van der Waals surface area (Å²) in [5, 5.41) is 12.2. The molecule has 1 unspecified atom stereocenters. The zero-order valence-corrected chi connectivity index (χ0v) is 12.9. The van der Waals surface area contributed by atoms with Crippen molar-refractivity contribution in [2.24, 2.45) is 0 Å². The third kappa shape index (κ3) is 3.10. The normalized spacial score (nSPS) is 11.9. The van der Waals surface area contributed by atoms with Gasteiger partial charge in [-0.15, -0.1) is 11.3 Å². The van der Waals surface area contributed by atoms with Crippen LogP contribution in [0.2, 0.25) is 0 Å². The molecule has 1 atom stereocenters. The zero-order chi connectivity index (χ0) is 13.1. The quantitative estimate of drug-likeness (QED) is 0.793. The van der Waals surface area contributed by atoms with Crippen molar-refractivity contribution < 1.29 is 4.39 Å². The molecule has 0 saturated carbocycles. The van der Waals surface area contributed by atoms with Crippen LogP contribution < -0.4 is 5.32 Å². The maximum atomic E-state index is 12.8. The number of nitriles is 1. The van der Waals surface area contributed by atoms with Crippen LogP contribution >= 0.6 is 43.2 Å². The van der Waals surface area contributed by atoms with E-state index in [1.165, 1.54) is 23.5 Å². The summed E-state index contributed by atoms with van der Waals surface area (Å²) in [7, 11) is 0. The predicted octanol–water partition coefficient (Wildman–Crippen LogP) is 5.09. The minimum atomic E-state index is -0.455. The molecule has 0 saturated heterocycles. The fourth-order valence-corrected chi connectivity index (χ4v) is 3.47. The smallest absolute Gasteiger partial charge is 0.149 e. The Morgan fingerprint density at radius 1 is 1.28 bits per heavy atom. The van der Waals surface area contributed by atoms with Gasteiger partial charge in [-0.25, -0.2) is 4.39 Å². The van der Waals surface area contributed by atoms with Crippen molar-refractivity contribution in [1.29, 1.82) is 5.26 Å². The average molecular weight is 390 g/mol. The standard InChI is InChI=1S/C12H7Br2FN2S/c13-9-5-11(18-12(9)14)10(6-16)17-8-3-1-7(15)2-4-8/h1-5,10,17H. The first kappa shape index (κ1) is 13.5. The second kappa shape index (κ2) is 5.83. The van der Waals surface area contributed by atoms with E-state index in [0.29, 0.717) is 5.69 Å². The molecule has 1 aromatic heterocycles. The molecule has 92 valence electrons. The molecule has 1 aromatic carbocycles. The van der Waals surface area contributed by atoms with Crippen LogP contribution in [0.15, 0.2) is 38.6 Å². The molecule has 0 aliphatic heterocycles. The van der Waals surface area contributed by atoms with Crippen molar-refractivity contribution in [3.63, 3.8) is 0 Å². The summed E-state index contributed by atoms with van der Waals surface area (Å²) in [6.45, 7) is 0. The van der Waals surface area contributed by atoms with Crippen LogP contribution in [0.5, 0.6) is 0 Å². The third-order valence-corrected chi connectivity index (χ3v) is 5.55. The molecule has 1 heterocycles. The van der Waals surface area contributed by atoms with Crippen molar-refractivity contribution in [3.05, 3.63) is 49.3 Å². The van der Waals surface area contributed by atoms with Crippen molar-refractivity contribution >= 4 is 48.9 Å². The minimum absolute atomic E-state index is 0.296. The number of thiophene rings is 1. The van der Waals surface area contributed by atoms with Crippen LogP contribution in [0, 0.1) is 17.1 Å². The fraction of sp³-hybridized carbons (Fsp3) is 0.0833. The Hall–Kier alpha value is -0.900. The Balaban J connectivity index is 2.20. The van der Waals surface area contributed by atoms with Gasteiger partial charge in [0.15, 0.2) is 0 Å². The maximum absolute atomic E-state index is 12.8. The van der Waals surface area contributed by atoms with Crippen LogP contribution in [0.3, 0.4) is 0 Å². The molecule has 2 aromatic rings. The Morgan fingerprint density at radius 3 is 2.44 bits per heavy atom. The minimum Gasteiger partial charge on any atom is -0.366 e. The highest BCUT2D eigenvalue weighted by molar-refractivity contribution is 9.13. The van der Waals surface area contributed by atoms with Crippen molar-refractivity contribution in [2.45, 2.75) is 6.04 Å². The summed E-state index contributed by atoms with van der Waals surface area (Å²) in [6, 6.07) is 9.55. The van der Waals surface area contributed by atoms with Crippen molar-refractivity contribution in [2.75, 3.05) is 5.32 Å². The number of hydrogen-bond acceptors (Lipinski definition) is 3. The predicted molar refractivity (Wildman–Crippen MR) is 78.1 cm³/mol. The van der Waals surface area contributed by atoms with Gasteiger partial charge in [-0.1, -0.05) is 0 Å². The summed E-state index contributed by atoms with van der Waals surface area (Å²) in [4.78, 5) is 0.889. The summed E-state index contributed by atoms with van der Waals surface area (Å²) in [5.74, 6) is -0.296. The monoisotopic (exact) mass is 388 g/mol. The molecule has 18 heavy (non-hydrogen) atoms. The van der Waals surface area contributed by atoms with Gasteiger partial charge in [0.2, 0.25) is 0 Å². The van der Waals surface area contributed by atoms with Crippen LogP contribution in [0.25, 0.3) is 0 Å². The number of rotatable bonds is 3. The number of halogens is 3. The molecule has 6 heteroatoms. The molecule has 0 aliphatic rings. The van der Waals surface area contributed by atoms with Crippen LogP contribution in [0.4, 0.5) is 10.1 Å². The second-order valence-electron chi connectivity index (χ2n) is 3.48. The topological polar surface area (TPSA) is 35.8 Å². The van der Waals surface area contributed by atoms with E-state index in [4.69, 9.17) is 0 Å². The molecular formula is C12H7Br2FN2S. The first-order valence-corrected chi connectivity index (χ1v) is 7.37. The largest absolute Gasteiger partial charge is 0.366 e. The van der Waals surface area contributed by atoms with Crippen LogP contribution in [0.1, 0.15) is 10.9 Å². The van der Waals surface area contributed by atoms with Gasteiger partial charge in [-0.05, 0) is 62.2 Å². The maximum Gasteiger partial charge on any atom is 0.149 e. The lowest BCUT2D eigenvalue weighted by Crippen LogP contribution is -2.06. The number of nitrogens with zero attached hydrogens (tertiary/aromatic N) is 1. The summed E-state index contributed by atoms with van der Waals surface area (Å²) in [6.07, 6.45) is 0. The number of nitrogens with one attached hydrogen (secondary N) is 1. The van der Waals surface area contributed by atoms with Gasteiger partial charge in [0.1, 0.15) is 11.9 Å². The van der Waals surface area contributed by atoms with Crippen molar-refractivity contribution in [1.82, 2.24) is 0 Å². The van der Waals surface area contributed by atoms with Gasteiger partial charge < -0.3 is 5.32 Å². The lowest BCUT2D eigenvalue weighted by Gasteiger charge is -2.10. The Bertz CT molecular complexity index is 570. The highest BCUT2D eigenvalue weighted by atomic mass is 79.9. The molecule has 0 bridgehead atoms. The summed E-state index contributed by atoms with van der Waals surface area (Å²) < 4.78 is 14.6. The second-order valence-corrected chi connectivity index (χ2v) is 6.74. The molecule has 2 rings (SSSR count). The van der Waals surface area contributed by atoms with E-state index in [0.717, 1.165) is 13.1 Å². The van der Waals surface area contributed by atoms with E-state index < -0.39 is 6.04 Å². The van der Waals surface area contributed by atoms with E-state index in [-0.39, 0.29) is 5.82 Å². The first-order chi connectivity index (χ1) is 8.60. The van der Waals surface area contributed by atoms with Crippen LogP contribution in [-0.2, 0) is 0 Å². The molecular weight excluding hydrogens is 383 g/mol. The fourth-order valence-electron chi connectivity index (χ4n) is 1.39. The molecule has 1 N–H and O–H groups in total. The third-order valence-electron chi connectivity index (χ3n) is 2.23. The average Bonchev–Trinajstić information content (AvgIpc) is 2.69. The van der Waals surface area contributed by atoms with E-state index in [1.54, 1.807) is 12.1 Å². The molecule has 0 amide bonds. The van der Waals surface area contributed by atoms with Crippen LogP contribution in [-0.4, -0.2) is 0 Å². The van der Waals surface area contributed by atoms with Gasteiger partial charge in [0, 0.05) is 15.0 Å². The van der Waals surface area contributed by atoms with E-state index in [1.807, 2.05) is 6.07 Å². The van der Waals surface area contributed by atoms with E-state index in [9.17, 15) is 9.65 Å². The number of hydrogen-bond donors (Lipinski definition) is 1. The molecule has 0 radical (unpaired) electrons. The highest BCUT2D eigenvalue weighted by Crippen LogP contribution is 2.36. The van der Waals surface area contributed by atoms with Gasteiger partial charge in [-0.3, -0.25) is 0 Å². The lowest BCUT2D eigenvalue weighted by molar-refractivity contribution is 0.628. The molecule has 0 aliphatic carbocycles. The SMILES string of the molecule is N#CC(Nc1ccc(F)cc1)c1cc(Br)c(Br)s1. The highest BCUT2D eigenvalue weighted by Gasteiger charge is 2.15. The number of anilines is 1. The van der Waals surface area contributed by atoms with Crippen molar-refractivity contribution in [3.8, 4) is 6.07 Å². The van der Waals surface area contributed by atoms with Gasteiger partial charge in [-0.2, -0.15) is 5.26 Å². The summed E-state index contributed by atoms with van der Waals surface area (Å²) >= 11 is 8.26. The number of benzene rings is 1. The molecule has 0 spiro atoms. The van der Waals surface area contributed by atoms with E-state index >= 15 is 0 Å². The van der Waals surface area contributed by atoms with Gasteiger partial charge in [0.05, 0.1) is 9.86 Å². The lowest BCUT2D eigenvalue weighted by atomic mass is 10.2. The zero-order valence-electron chi connectivity index (χ0n) is 8.95. The van der Waals surface area contributed by atoms with E-state index in [2.05, 4.69) is 43.2 Å². The molecule has 2 nitrogen and oxygen atoms in total. The van der Waals surface area contributed by atoms with Gasteiger partial charge in [0.25, 0.3) is 0 Å². The Kier molecular flexibility index (Phi) is 4.38. The summed E-state index contributed by atoms with van der Waals surface area (Å²) in [5.41, 5.74) is 0.712. The first-order valence-electron chi connectivity index (χ1n) is 4.96. The Morgan fingerprint density at radius 2 is 1.94 bits per heavy atom.